The molecule has 8 heteroatoms. The second-order valence-electron chi connectivity index (χ2n) is 6.09. The maximum atomic E-state index is 12.4. The monoisotopic (exact) mass is 373 g/mol. The zero-order valence-electron chi connectivity index (χ0n) is 15.1. The van der Waals surface area contributed by atoms with Gasteiger partial charge in [0.25, 0.3) is 5.91 Å². The van der Waals surface area contributed by atoms with E-state index in [2.05, 4.69) is 0 Å². The first-order valence-electron chi connectivity index (χ1n) is 8.29. The highest BCUT2D eigenvalue weighted by molar-refractivity contribution is 6.05. The average Bonchev–Trinajstić information content (AvgIpc) is 3.17. The third-order valence-corrected chi connectivity index (χ3v) is 4.73. The minimum Gasteiger partial charge on any atom is -0.493 e. The Labute approximate surface area is 155 Å². The van der Waals surface area contributed by atoms with Crippen LogP contribution in [0.3, 0.4) is 0 Å². The van der Waals surface area contributed by atoms with Gasteiger partial charge >= 0.3 is 0 Å². The Kier molecular flexibility index (Phi) is 4.19. The number of nitrogens with zero attached hydrogens (tertiary/aromatic N) is 1. The molecule has 2 atom stereocenters. The number of aliphatic hydroxyl groups excluding tert-OH is 1. The van der Waals surface area contributed by atoms with Crippen LogP contribution in [0.1, 0.15) is 11.6 Å². The molecule has 1 fully saturated rings. The summed E-state index contributed by atoms with van der Waals surface area (Å²) in [6.07, 6.45) is -1.15. The molecule has 1 N–H and O–H groups in total. The van der Waals surface area contributed by atoms with E-state index < -0.39 is 18.1 Å². The van der Waals surface area contributed by atoms with E-state index in [9.17, 15) is 9.90 Å². The van der Waals surface area contributed by atoms with Crippen LogP contribution in [-0.2, 0) is 4.79 Å². The lowest BCUT2D eigenvalue weighted by molar-refractivity contribution is -0.137. The van der Waals surface area contributed by atoms with E-state index in [0.717, 1.165) is 5.56 Å². The number of ether oxygens (including phenoxy) is 5. The van der Waals surface area contributed by atoms with Crippen molar-refractivity contribution in [1.29, 1.82) is 0 Å². The number of carbonyl (C=O) groups is 1. The number of β-lactam (4-membered cyclic amide) rings is 1. The van der Waals surface area contributed by atoms with Crippen LogP contribution in [0.25, 0.3) is 0 Å². The summed E-state index contributed by atoms with van der Waals surface area (Å²) in [7, 11) is 4.51. The van der Waals surface area contributed by atoms with Crippen molar-refractivity contribution in [2.24, 2.45) is 0 Å². The van der Waals surface area contributed by atoms with Gasteiger partial charge in [-0.2, -0.15) is 0 Å². The lowest BCUT2D eigenvalue weighted by Crippen LogP contribution is -2.59. The summed E-state index contributed by atoms with van der Waals surface area (Å²) in [5.41, 5.74) is 1.27. The third-order valence-electron chi connectivity index (χ3n) is 4.73. The number of hydrogen-bond donors (Lipinski definition) is 1. The zero-order valence-corrected chi connectivity index (χ0v) is 15.1. The first-order chi connectivity index (χ1) is 13.1. The summed E-state index contributed by atoms with van der Waals surface area (Å²) in [4.78, 5) is 13.9. The van der Waals surface area contributed by atoms with E-state index in [0.29, 0.717) is 34.4 Å². The number of rotatable bonds is 5. The van der Waals surface area contributed by atoms with E-state index in [4.69, 9.17) is 23.7 Å². The van der Waals surface area contributed by atoms with Crippen molar-refractivity contribution in [3.63, 3.8) is 0 Å². The molecule has 0 saturated carbocycles. The second kappa shape index (κ2) is 6.55. The molecule has 2 unspecified atom stereocenters. The molecule has 4 rings (SSSR count). The van der Waals surface area contributed by atoms with Crippen molar-refractivity contribution in [3.8, 4) is 28.7 Å². The van der Waals surface area contributed by atoms with Crippen molar-refractivity contribution in [2.45, 2.75) is 12.1 Å². The molecule has 0 radical (unpaired) electrons. The Morgan fingerprint density at radius 3 is 2.30 bits per heavy atom. The van der Waals surface area contributed by atoms with Crippen molar-refractivity contribution >= 4 is 11.6 Å². The van der Waals surface area contributed by atoms with E-state index in [1.54, 1.807) is 30.3 Å². The molecule has 1 amide bonds. The van der Waals surface area contributed by atoms with Gasteiger partial charge in [-0.05, 0) is 17.7 Å². The molecule has 2 aromatic carbocycles. The standard InChI is InChI=1S/C19H19NO7/c1-23-14-7-11(8-15(24-2)18(14)25-3)20-16(17(21)19(20)22)10-4-5-12-13(6-10)27-9-26-12/h4-8,16-17,21H,9H2,1-3H3. The van der Waals surface area contributed by atoms with Gasteiger partial charge in [-0.15, -0.1) is 0 Å². The van der Waals surface area contributed by atoms with Crippen molar-refractivity contribution in [1.82, 2.24) is 0 Å². The van der Waals surface area contributed by atoms with E-state index in [1.807, 2.05) is 0 Å². The summed E-state index contributed by atoms with van der Waals surface area (Å²) < 4.78 is 26.8. The van der Waals surface area contributed by atoms with E-state index in [1.165, 1.54) is 26.2 Å². The smallest absolute Gasteiger partial charge is 0.259 e. The highest BCUT2D eigenvalue weighted by Gasteiger charge is 2.48. The Balaban J connectivity index is 1.75. The van der Waals surface area contributed by atoms with Crippen LogP contribution in [0.15, 0.2) is 30.3 Å². The minimum atomic E-state index is -1.15. The van der Waals surface area contributed by atoms with Crippen LogP contribution in [-0.4, -0.2) is 45.2 Å². The fourth-order valence-corrected chi connectivity index (χ4v) is 3.40. The second-order valence-corrected chi connectivity index (χ2v) is 6.09. The molecule has 142 valence electrons. The van der Waals surface area contributed by atoms with Gasteiger partial charge in [0, 0.05) is 12.1 Å². The fourth-order valence-electron chi connectivity index (χ4n) is 3.40. The number of benzene rings is 2. The summed E-state index contributed by atoms with van der Waals surface area (Å²) in [6, 6.07) is 8.12. The molecular weight excluding hydrogens is 354 g/mol. The molecule has 27 heavy (non-hydrogen) atoms. The molecule has 2 aliphatic heterocycles. The molecule has 0 aliphatic carbocycles. The number of amides is 1. The van der Waals surface area contributed by atoms with Crippen molar-refractivity contribution < 1.29 is 33.6 Å². The van der Waals surface area contributed by atoms with Gasteiger partial charge in [-0.25, -0.2) is 0 Å². The highest BCUT2D eigenvalue weighted by atomic mass is 16.7. The molecule has 2 heterocycles. The summed E-state index contributed by atoms with van der Waals surface area (Å²) >= 11 is 0. The number of anilines is 1. The fraction of sp³-hybridized carbons (Fsp3) is 0.316. The number of carbonyl (C=O) groups excluding carboxylic acids is 1. The van der Waals surface area contributed by atoms with Gasteiger partial charge in [0.1, 0.15) is 0 Å². The highest BCUT2D eigenvalue weighted by Crippen LogP contribution is 2.47. The lowest BCUT2D eigenvalue weighted by Gasteiger charge is -2.44. The normalized spacial score (nSPS) is 20.3. The lowest BCUT2D eigenvalue weighted by atomic mass is 9.89. The van der Waals surface area contributed by atoms with Crippen LogP contribution in [0, 0.1) is 0 Å². The number of aliphatic hydroxyl groups is 1. The van der Waals surface area contributed by atoms with E-state index >= 15 is 0 Å². The van der Waals surface area contributed by atoms with Crippen LogP contribution in [0.2, 0.25) is 0 Å². The number of methoxy groups -OCH3 is 3. The van der Waals surface area contributed by atoms with Crippen LogP contribution in [0.4, 0.5) is 5.69 Å². The van der Waals surface area contributed by atoms with Crippen LogP contribution in [0.5, 0.6) is 28.7 Å². The largest absolute Gasteiger partial charge is 0.493 e. The topological polar surface area (TPSA) is 86.7 Å². The molecule has 2 aromatic rings. The first kappa shape index (κ1) is 17.3. The van der Waals surface area contributed by atoms with Crippen molar-refractivity contribution in [2.75, 3.05) is 33.0 Å². The number of hydrogen-bond acceptors (Lipinski definition) is 7. The molecular formula is C19H19NO7. The zero-order chi connectivity index (χ0) is 19.1. The van der Waals surface area contributed by atoms with Crippen molar-refractivity contribution in [3.05, 3.63) is 35.9 Å². The maximum Gasteiger partial charge on any atom is 0.259 e. The average molecular weight is 373 g/mol. The van der Waals surface area contributed by atoms with Gasteiger partial charge in [0.2, 0.25) is 12.5 Å². The third kappa shape index (κ3) is 2.60. The van der Waals surface area contributed by atoms with Gasteiger partial charge in [0.05, 0.1) is 33.1 Å². The molecule has 8 nitrogen and oxygen atoms in total. The first-order valence-corrected chi connectivity index (χ1v) is 8.29. The Morgan fingerprint density at radius 1 is 1.00 bits per heavy atom. The molecule has 1 saturated heterocycles. The molecule has 0 bridgehead atoms. The Bertz CT molecular complexity index is 873. The summed E-state index contributed by atoms with van der Waals surface area (Å²) in [6.45, 7) is 0.154. The summed E-state index contributed by atoms with van der Waals surface area (Å²) in [5.74, 6) is 2.09. The molecule has 2 aliphatic rings. The SMILES string of the molecule is COc1cc(N2C(=O)C(O)C2c2ccc3c(c2)OCO3)cc(OC)c1OC. The van der Waals surface area contributed by atoms with Gasteiger partial charge in [-0.1, -0.05) is 6.07 Å². The Morgan fingerprint density at radius 2 is 1.67 bits per heavy atom. The minimum absolute atomic E-state index is 0.154. The number of fused-ring (bicyclic) bond motifs is 1. The van der Waals surface area contributed by atoms with Crippen LogP contribution < -0.4 is 28.6 Å². The maximum absolute atomic E-state index is 12.4. The molecule has 0 aromatic heterocycles. The quantitative estimate of drug-likeness (QED) is 0.801. The van der Waals surface area contributed by atoms with E-state index in [-0.39, 0.29) is 6.79 Å². The summed E-state index contributed by atoms with van der Waals surface area (Å²) in [5, 5.41) is 10.3. The molecule has 0 spiro atoms. The van der Waals surface area contributed by atoms with Gasteiger partial charge in [0.15, 0.2) is 29.1 Å². The predicted octanol–water partition coefficient (Wildman–Crippen LogP) is 1.89. The van der Waals surface area contributed by atoms with Gasteiger partial charge < -0.3 is 28.8 Å². The Hall–Kier alpha value is -3.13. The predicted molar refractivity (Wildman–Crippen MR) is 94.9 cm³/mol. The van der Waals surface area contributed by atoms with Crippen LogP contribution >= 0.6 is 0 Å². The van der Waals surface area contributed by atoms with Gasteiger partial charge in [-0.3, -0.25) is 9.69 Å².